The summed E-state index contributed by atoms with van der Waals surface area (Å²) in [5.41, 5.74) is 2.25. The number of likely N-dealkylation sites (tertiary alicyclic amines) is 1. The third-order valence-electron chi connectivity index (χ3n) is 5.25. The van der Waals surface area contributed by atoms with Gasteiger partial charge in [-0.15, -0.1) is 0 Å². The highest BCUT2D eigenvalue weighted by molar-refractivity contribution is 5.91. The smallest absolute Gasteiger partial charge is 0.246 e. The highest BCUT2D eigenvalue weighted by atomic mass is 16.2. The van der Waals surface area contributed by atoms with Crippen molar-refractivity contribution in [1.82, 2.24) is 14.7 Å². The summed E-state index contributed by atoms with van der Waals surface area (Å²) >= 11 is 0. The molecule has 0 radical (unpaired) electrons. The molecule has 0 bridgehead atoms. The van der Waals surface area contributed by atoms with Crippen LogP contribution in [-0.4, -0.2) is 72.3 Å². The Hall–Kier alpha value is -2.14. The number of amides is 2. The van der Waals surface area contributed by atoms with Crippen LogP contribution in [0.3, 0.4) is 0 Å². The molecule has 5 nitrogen and oxygen atoms in total. The number of benzene rings is 1. The quantitative estimate of drug-likeness (QED) is 0.778. The minimum atomic E-state index is 0.0487. The van der Waals surface area contributed by atoms with E-state index in [1.807, 2.05) is 47.1 Å². The SMILES string of the molecule is Cc1ccc(/C=C/C(=O)N2CCN(CC(=O)N3CCCCC3)CC2)cc1. The van der Waals surface area contributed by atoms with Gasteiger partial charge in [0.15, 0.2) is 0 Å². The fourth-order valence-electron chi connectivity index (χ4n) is 3.51. The number of piperidine rings is 1. The number of carbonyl (C=O) groups is 2. The van der Waals surface area contributed by atoms with Crippen LogP contribution in [0.25, 0.3) is 6.08 Å². The molecule has 2 saturated heterocycles. The molecule has 26 heavy (non-hydrogen) atoms. The van der Waals surface area contributed by atoms with Crippen LogP contribution in [0.1, 0.15) is 30.4 Å². The predicted molar refractivity (Wildman–Crippen MR) is 104 cm³/mol. The zero-order valence-corrected chi connectivity index (χ0v) is 15.7. The first-order chi connectivity index (χ1) is 12.6. The lowest BCUT2D eigenvalue weighted by molar-refractivity contribution is -0.134. The van der Waals surface area contributed by atoms with E-state index in [-0.39, 0.29) is 11.8 Å². The average Bonchev–Trinajstić information content (AvgIpc) is 2.68. The zero-order chi connectivity index (χ0) is 18.4. The number of nitrogens with zero attached hydrogens (tertiary/aromatic N) is 3. The van der Waals surface area contributed by atoms with Crippen LogP contribution in [0.4, 0.5) is 0 Å². The molecule has 3 rings (SSSR count). The molecule has 2 aliphatic heterocycles. The first-order valence-electron chi connectivity index (χ1n) is 9.65. The molecule has 2 amide bonds. The Morgan fingerprint density at radius 3 is 2.19 bits per heavy atom. The molecule has 0 spiro atoms. The van der Waals surface area contributed by atoms with E-state index in [1.165, 1.54) is 12.0 Å². The first-order valence-corrected chi connectivity index (χ1v) is 9.65. The Morgan fingerprint density at radius 2 is 1.54 bits per heavy atom. The van der Waals surface area contributed by atoms with Crippen LogP contribution in [0.2, 0.25) is 0 Å². The van der Waals surface area contributed by atoms with E-state index in [0.717, 1.165) is 44.6 Å². The van der Waals surface area contributed by atoms with Gasteiger partial charge in [-0.3, -0.25) is 14.5 Å². The zero-order valence-electron chi connectivity index (χ0n) is 15.7. The van der Waals surface area contributed by atoms with Crippen molar-refractivity contribution in [2.45, 2.75) is 26.2 Å². The standard InChI is InChI=1S/C21H29N3O2/c1-18-5-7-19(8-6-18)9-10-20(25)24-15-13-22(14-16-24)17-21(26)23-11-3-2-4-12-23/h5-10H,2-4,11-17H2,1H3/b10-9+. The minimum Gasteiger partial charge on any atom is -0.342 e. The lowest BCUT2D eigenvalue weighted by Crippen LogP contribution is -2.51. The van der Waals surface area contributed by atoms with E-state index in [2.05, 4.69) is 4.90 Å². The number of rotatable bonds is 4. The van der Waals surface area contributed by atoms with Gasteiger partial charge in [-0.2, -0.15) is 0 Å². The normalized spacial score (nSPS) is 19.1. The second-order valence-corrected chi connectivity index (χ2v) is 7.29. The largest absolute Gasteiger partial charge is 0.342 e. The summed E-state index contributed by atoms with van der Waals surface area (Å²) in [4.78, 5) is 30.7. The summed E-state index contributed by atoms with van der Waals surface area (Å²) in [7, 11) is 0. The van der Waals surface area contributed by atoms with E-state index < -0.39 is 0 Å². The minimum absolute atomic E-state index is 0.0487. The topological polar surface area (TPSA) is 43.9 Å². The highest BCUT2D eigenvalue weighted by Crippen LogP contribution is 2.11. The molecule has 0 unspecified atom stereocenters. The van der Waals surface area contributed by atoms with E-state index in [0.29, 0.717) is 19.6 Å². The van der Waals surface area contributed by atoms with Crippen molar-refractivity contribution in [2.24, 2.45) is 0 Å². The lowest BCUT2D eigenvalue weighted by Gasteiger charge is -2.35. The molecule has 0 aromatic heterocycles. The molecular weight excluding hydrogens is 326 g/mol. The highest BCUT2D eigenvalue weighted by Gasteiger charge is 2.23. The van der Waals surface area contributed by atoms with Crippen molar-refractivity contribution in [1.29, 1.82) is 0 Å². The first kappa shape index (κ1) is 18.6. The molecular formula is C21H29N3O2. The van der Waals surface area contributed by atoms with Crippen molar-refractivity contribution in [3.63, 3.8) is 0 Å². The van der Waals surface area contributed by atoms with Crippen LogP contribution < -0.4 is 0 Å². The summed E-state index contributed by atoms with van der Waals surface area (Å²) in [5, 5.41) is 0. The van der Waals surface area contributed by atoms with Gasteiger partial charge in [0.1, 0.15) is 0 Å². The Labute approximate surface area is 156 Å². The molecule has 0 N–H and O–H groups in total. The fourth-order valence-corrected chi connectivity index (χ4v) is 3.51. The van der Waals surface area contributed by atoms with E-state index in [4.69, 9.17) is 0 Å². The Balaban J connectivity index is 1.43. The van der Waals surface area contributed by atoms with Crippen molar-refractivity contribution in [3.05, 3.63) is 41.5 Å². The molecule has 5 heteroatoms. The summed E-state index contributed by atoms with van der Waals surface area (Å²) in [6.45, 7) is 7.25. The van der Waals surface area contributed by atoms with Crippen molar-refractivity contribution in [2.75, 3.05) is 45.8 Å². The number of hydrogen-bond acceptors (Lipinski definition) is 3. The molecule has 1 aromatic rings. The van der Waals surface area contributed by atoms with Gasteiger partial charge >= 0.3 is 0 Å². The monoisotopic (exact) mass is 355 g/mol. The molecule has 0 atom stereocenters. The van der Waals surface area contributed by atoms with Gasteiger partial charge < -0.3 is 9.80 Å². The van der Waals surface area contributed by atoms with Crippen molar-refractivity contribution < 1.29 is 9.59 Å². The van der Waals surface area contributed by atoms with Crippen LogP contribution in [0, 0.1) is 6.92 Å². The van der Waals surface area contributed by atoms with Gasteiger partial charge in [0.25, 0.3) is 0 Å². The molecule has 2 aliphatic rings. The second kappa shape index (κ2) is 8.99. The number of hydrogen-bond donors (Lipinski definition) is 0. The van der Waals surface area contributed by atoms with E-state index >= 15 is 0 Å². The maximum atomic E-state index is 12.4. The summed E-state index contributed by atoms with van der Waals surface area (Å²) in [6, 6.07) is 8.12. The van der Waals surface area contributed by atoms with Gasteiger partial charge in [-0.25, -0.2) is 0 Å². The van der Waals surface area contributed by atoms with Crippen molar-refractivity contribution >= 4 is 17.9 Å². The second-order valence-electron chi connectivity index (χ2n) is 7.29. The maximum Gasteiger partial charge on any atom is 0.246 e. The molecule has 0 aliphatic carbocycles. The molecule has 0 saturated carbocycles. The van der Waals surface area contributed by atoms with Gasteiger partial charge in [-0.05, 0) is 37.8 Å². The number of aryl methyl sites for hydroxylation is 1. The van der Waals surface area contributed by atoms with Crippen LogP contribution in [0.5, 0.6) is 0 Å². The number of carbonyl (C=O) groups excluding carboxylic acids is 2. The van der Waals surface area contributed by atoms with Crippen LogP contribution >= 0.6 is 0 Å². The summed E-state index contributed by atoms with van der Waals surface area (Å²) in [6.07, 6.45) is 7.01. The van der Waals surface area contributed by atoms with Crippen molar-refractivity contribution in [3.8, 4) is 0 Å². The average molecular weight is 355 g/mol. The predicted octanol–water partition coefficient (Wildman–Crippen LogP) is 2.16. The van der Waals surface area contributed by atoms with Crippen LogP contribution in [-0.2, 0) is 9.59 Å². The summed E-state index contributed by atoms with van der Waals surface area (Å²) in [5.74, 6) is 0.288. The molecule has 1 aromatic carbocycles. The lowest BCUT2D eigenvalue weighted by atomic mass is 10.1. The molecule has 2 fully saturated rings. The third-order valence-corrected chi connectivity index (χ3v) is 5.25. The van der Waals surface area contributed by atoms with Gasteiger partial charge in [0, 0.05) is 45.3 Å². The van der Waals surface area contributed by atoms with Gasteiger partial charge in [-0.1, -0.05) is 29.8 Å². The maximum absolute atomic E-state index is 12.4. The summed E-state index contributed by atoms with van der Waals surface area (Å²) < 4.78 is 0. The third kappa shape index (κ3) is 5.18. The Morgan fingerprint density at radius 1 is 0.885 bits per heavy atom. The van der Waals surface area contributed by atoms with Crippen LogP contribution in [0.15, 0.2) is 30.3 Å². The van der Waals surface area contributed by atoms with E-state index in [1.54, 1.807) is 6.08 Å². The van der Waals surface area contributed by atoms with Gasteiger partial charge in [0.2, 0.25) is 11.8 Å². The molecule has 2 heterocycles. The Bertz CT molecular complexity index is 640. The molecule has 140 valence electrons. The van der Waals surface area contributed by atoms with E-state index in [9.17, 15) is 9.59 Å². The number of piperazine rings is 1. The fraction of sp³-hybridized carbons (Fsp3) is 0.524. The van der Waals surface area contributed by atoms with Gasteiger partial charge in [0.05, 0.1) is 6.54 Å². The Kier molecular flexibility index (Phi) is 6.45.